The maximum Gasteiger partial charge on any atom is 0.415 e. The number of carbonyl (C=O) groups is 4. The Kier molecular flexibility index (Phi) is 12.6. The number of aryl methyl sites for hydroxylation is 1. The number of hydrogen-bond donors (Lipinski definition) is 2. The highest BCUT2D eigenvalue weighted by molar-refractivity contribution is 6.00. The Labute approximate surface area is 391 Å². The zero-order chi connectivity index (χ0) is 47.9. The lowest BCUT2D eigenvalue weighted by Gasteiger charge is -2.35. The summed E-state index contributed by atoms with van der Waals surface area (Å²) in [6.07, 6.45) is 5.25. The van der Waals surface area contributed by atoms with Crippen LogP contribution in [0.15, 0.2) is 53.6 Å². The summed E-state index contributed by atoms with van der Waals surface area (Å²) in [4.78, 5) is 83.1. The molecular formula is C49H53FN10O8. The molecule has 19 heteroatoms. The van der Waals surface area contributed by atoms with Crippen LogP contribution < -0.4 is 30.9 Å². The van der Waals surface area contributed by atoms with Gasteiger partial charge in [0, 0.05) is 56.1 Å². The van der Waals surface area contributed by atoms with E-state index in [1.165, 1.54) is 15.2 Å². The van der Waals surface area contributed by atoms with Gasteiger partial charge in [0.25, 0.3) is 0 Å². The summed E-state index contributed by atoms with van der Waals surface area (Å²) in [7, 11) is 1.63. The second kappa shape index (κ2) is 18.7. The quantitative estimate of drug-likeness (QED) is 0.156. The highest BCUT2D eigenvalue weighted by atomic mass is 19.1. The summed E-state index contributed by atoms with van der Waals surface area (Å²) in [5.74, 6) is 5.30. The molecule has 1 atom stereocenters. The number of nitrogens with zero attached hydrogens (tertiary/aromatic N) is 8. The summed E-state index contributed by atoms with van der Waals surface area (Å²) < 4.78 is 35.9. The Balaban J connectivity index is 0.760. The van der Waals surface area contributed by atoms with Gasteiger partial charge in [-0.25, -0.2) is 28.9 Å². The molecule has 7 heterocycles. The van der Waals surface area contributed by atoms with Crippen molar-refractivity contribution in [2.45, 2.75) is 90.5 Å². The molecular weight excluding hydrogens is 876 g/mol. The van der Waals surface area contributed by atoms with Crippen molar-refractivity contribution >= 4 is 57.9 Å². The maximum absolute atomic E-state index is 15.5. The first-order valence-electron chi connectivity index (χ1n) is 22.8. The van der Waals surface area contributed by atoms with Gasteiger partial charge >= 0.3 is 11.8 Å². The van der Waals surface area contributed by atoms with Gasteiger partial charge in [0.1, 0.15) is 36.4 Å². The van der Waals surface area contributed by atoms with Crippen molar-refractivity contribution in [3.63, 3.8) is 0 Å². The number of halogens is 1. The second-order valence-corrected chi connectivity index (χ2v) is 18.4. The molecule has 9 rings (SSSR count). The molecule has 2 aromatic carbocycles. The molecule has 2 fully saturated rings. The molecule has 4 aliphatic heterocycles. The average Bonchev–Trinajstić information content (AvgIpc) is 3.55. The number of carbonyl (C=O) groups excluding carboxylic acids is 4. The number of pyridine rings is 1. The van der Waals surface area contributed by atoms with Gasteiger partial charge in [0.15, 0.2) is 0 Å². The molecule has 4 amide bonds. The zero-order valence-electron chi connectivity index (χ0n) is 38.7. The number of rotatable bonds is 8. The molecule has 0 spiro atoms. The molecule has 0 saturated carbocycles. The first-order valence-corrected chi connectivity index (χ1v) is 22.8. The molecule has 0 bridgehead atoms. The van der Waals surface area contributed by atoms with Gasteiger partial charge < -0.3 is 29.3 Å². The van der Waals surface area contributed by atoms with Gasteiger partial charge in [0.2, 0.25) is 29.5 Å². The van der Waals surface area contributed by atoms with Gasteiger partial charge in [-0.2, -0.15) is 0 Å². The third kappa shape index (κ3) is 9.59. The van der Waals surface area contributed by atoms with Crippen molar-refractivity contribution in [3.8, 4) is 17.7 Å². The standard InChI is InChI=1S/C49H53FN10O8/c1-29-40(27-51-45-43(29)59(20-22-67-45)48(65)68-49(2,3)4)58-17-14-32-26-52-46(54-36(32)28-58)53-33-10-9-31(35(50)25-33)24-42(62)57-18-15-34(16-19-57)66-21-6-7-30-8-11-37-39(23-30)56(5)47(64)60(37)38-12-13-41(61)55-44(38)63/h8-11,23,25-27,34,38H,12-22,24,28H2,1-5H3,(H,52,53,54)(H,55,61,63). The van der Waals surface area contributed by atoms with Crippen molar-refractivity contribution in [1.82, 2.24) is 34.3 Å². The van der Waals surface area contributed by atoms with Crippen LogP contribution in [0.2, 0.25) is 0 Å². The van der Waals surface area contributed by atoms with Gasteiger partial charge in [-0.05, 0) is 94.8 Å². The Morgan fingerprint density at radius 3 is 2.56 bits per heavy atom. The van der Waals surface area contributed by atoms with Crippen LogP contribution in [0.5, 0.6) is 5.88 Å². The Morgan fingerprint density at radius 1 is 0.985 bits per heavy atom. The topological polar surface area (TPSA) is 195 Å². The third-order valence-electron chi connectivity index (χ3n) is 12.7. The summed E-state index contributed by atoms with van der Waals surface area (Å²) in [5, 5.41) is 5.44. The Hall–Kier alpha value is -7.33. The van der Waals surface area contributed by atoms with E-state index < -0.39 is 29.5 Å². The van der Waals surface area contributed by atoms with E-state index in [0.717, 1.165) is 22.5 Å². The van der Waals surface area contributed by atoms with Gasteiger partial charge in [-0.3, -0.25) is 33.7 Å². The summed E-state index contributed by atoms with van der Waals surface area (Å²) in [5.41, 5.74) is 5.69. The van der Waals surface area contributed by atoms with Crippen LogP contribution in [0.3, 0.4) is 0 Å². The van der Waals surface area contributed by atoms with Gasteiger partial charge in [-0.1, -0.05) is 17.9 Å². The molecule has 0 aliphatic carbocycles. The number of benzene rings is 2. The number of fused-ring (bicyclic) bond motifs is 3. The number of imide groups is 1. The Morgan fingerprint density at radius 2 is 1.79 bits per heavy atom. The lowest BCUT2D eigenvalue weighted by atomic mass is 10.0. The van der Waals surface area contributed by atoms with E-state index in [-0.39, 0.29) is 55.0 Å². The van der Waals surface area contributed by atoms with E-state index in [9.17, 15) is 24.0 Å². The number of likely N-dealkylation sites (tertiary alicyclic amines) is 1. The molecule has 2 N–H and O–H groups in total. The summed E-state index contributed by atoms with van der Waals surface area (Å²) >= 11 is 0. The smallest absolute Gasteiger partial charge is 0.415 e. The third-order valence-corrected chi connectivity index (χ3v) is 12.7. The lowest BCUT2D eigenvalue weighted by Crippen LogP contribution is -2.44. The van der Waals surface area contributed by atoms with E-state index >= 15 is 4.39 Å². The van der Waals surface area contributed by atoms with Crippen LogP contribution in [-0.2, 0) is 50.3 Å². The van der Waals surface area contributed by atoms with E-state index in [0.29, 0.717) is 98.4 Å². The van der Waals surface area contributed by atoms with Crippen molar-refractivity contribution < 1.29 is 37.8 Å². The number of ether oxygens (including phenoxy) is 3. The first kappa shape index (κ1) is 45.8. The van der Waals surface area contributed by atoms with Crippen LogP contribution in [-0.4, -0.2) is 104 Å². The highest BCUT2D eigenvalue weighted by Gasteiger charge is 2.34. The van der Waals surface area contributed by atoms with Crippen LogP contribution in [0, 0.1) is 24.6 Å². The van der Waals surface area contributed by atoms with E-state index in [1.807, 2.05) is 27.7 Å². The van der Waals surface area contributed by atoms with Crippen molar-refractivity contribution in [1.29, 1.82) is 0 Å². The normalized spacial score (nSPS) is 17.4. The molecule has 0 radical (unpaired) electrons. The number of amides is 4. The fourth-order valence-corrected chi connectivity index (χ4v) is 9.13. The summed E-state index contributed by atoms with van der Waals surface area (Å²) in [6.45, 7) is 10.4. The Bertz CT molecular complexity index is 2960. The van der Waals surface area contributed by atoms with Crippen LogP contribution in [0.4, 0.5) is 32.2 Å². The highest BCUT2D eigenvalue weighted by Crippen LogP contribution is 2.40. The first-order chi connectivity index (χ1) is 32.6. The molecule has 1 unspecified atom stereocenters. The molecule has 68 heavy (non-hydrogen) atoms. The maximum atomic E-state index is 15.5. The minimum atomic E-state index is -0.762. The summed E-state index contributed by atoms with van der Waals surface area (Å²) in [6, 6.07) is 9.22. The number of imidazole rings is 1. The van der Waals surface area contributed by atoms with E-state index in [2.05, 4.69) is 37.3 Å². The minimum Gasteiger partial charge on any atom is -0.474 e. The predicted octanol–water partition coefficient (Wildman–Crippen LogP) is 4.99. The van der Waals surface area contributed by atoms with Crippen LogP contribution in [0.25, 0.3) is 11.0 Å². The van der Waals surface area contributed by atoms with E-state index in [1.54, 1.807) is 59.6 Å². The second-order valence-electron chi connectivity index (χ2n) is 18.4. The number of hydrogen-bond acceptors (Lipinski definition) is 13. The number of piperidine rings is 2. The monoisotopic (exact) mass is 928 g/mol. The number of aromatic nitrogens is 5. The molecule has 5 aromatic rings. The molecule has 18 nitrogen and oxygen atoms in total. The van der Waals surface area contributed by atoms with Gasteiger partial charge in [0.05, 0.1) is 54.2 Å². The van der Waals surface area contributed by atoms with Crippen LogP contribution >= 0.6 is 0 Å². The number of nitrogens with one attached hydrogen (secondary N) is 2. The molecule has 4 aliphatic rings. The van der Waals surface area contributed by atoms with E-state index in [4.69, 9.17) is 19.2 Å². The molecule has 3 aromatic heterocycles. The minimum absolute atomic E-state index is 0.0836. The van der Waals surface area contributed by atoms with Crippen molar-refractivity contribution in [2.24, 2.45) is 7.05 Å². The van der Waals surface area contributed by atoms with Crippen molar-refractivity contribution in [2.75, 3.05) is 54.5 Å². The fraction of sp³-hybridized carbons (Fsp3) is 0.429. The molecule has 354 valence electrons. The number of anilines is 4. The lowest BCUT2D eigenvalue weighted by molar-refractivity contribution is -0.136. The SMILES string of the molecule is Cc1c(N2CCc3cnc(Nc4ccc(CC(=O)N5CCC(OCC#Cc6ccc7c(c6)n(C)c(=O)n7C6CCC(=O)NC6=O)CC5)c(F)c4)nc3C2)cnc2c1N(C(=O)OC(C)(C)C)CCO2. The fourth-order valence-electron chi connectivity index (χ4n) is 9.13. The average molecular weight is 929 g/mol. The largest absolute Gasteiger partial charge is 0.474 e. The van der Waals surface area contributed by atoms with Crippen LogP contribution in [0.1, 0.15) is 80.4 Å². The predicted molar refractivity (Wildman–Crippen MR) is 249 cm³/mol. The van der Waals surface area contributed by atoms with Gasteiger partial charge in [-0.15, -0.1) is 0 Å². The molecule has 2 saturated heterocycles. The van der Waals surface area contributed by atoms with Crippen molar-refractivity contribution in [3.05, 3.63) is 93.0 Å². The zero-order valence-corrected chi connectivity index (χ0v) is 38.7.